The maximum atomic E-state index is 13.1. The molecule has 0 heterocycles. The van der Waals surface area contributed by atoms with Crippen LogP contribution in [0.5, 0.6) is 5.75 Å². The maximum Gasteiger partial charge on any atom is 0.379 e. The van der Waals surface area contributed by atoms with Crippen molar-refractivity contribution in [3.05, 3.63) is 28.5 Å². The van der Waals surface area contributed by atoms with Crippen molar-refractivity contribution >= 4 is 23.5 Å². The second kappa shape index (κ2) is 9.60. The van der Waals surface area contributed by atoms with Crippen LogP contribution in [-0.4, -0.2) is 12.8 Å². The molecule has 0 bridgehead atoms. The van der Waals surface area contributed by atoms with Crippen molar-refractivity contribution in [1.82, 2.24) is 0 Å². The van der Waals surface area contributed by atoms with Gasteiger partial charge in [-0.15, -0.1) is 0 Å². The van der Waals surface area contributed by atoms with Crippen molar-refractivity contribution in [3.8, 4) is 5.75 Å². The highest BCUT2D eigenvalue weighted by Crippen LogP contribution is 2.50. The van der Waals surface area contributed by atoms with Gasteiger partial charge >= 0.3 is 7.60 Å². The van der Waals surface area contributed by atoms with E-state index in [4.69, 9.17) is 9.05 Å². The Labute approximate surface area is 134 Å². The monoisotopic (exact) mass is 380 g/mol. The van der Waals surface area contributed by atoms with Crippen molar-refractivity contribution < 1.29 is 18.0 Å². The lowest BCUT2D eigenvalue weighted by Gasteiger charge is -2.20. The molecule has 3 nitrogen and oxygen atoms in total. The number of rotatable bonds is 10. The predicted molar refractivity (Wildman–Crippen MR) is 87.6 cm³/mol. The summed E-state index contributed by atoms with van der Waals surface area (Å²) in [6.45, 7) is 4.55. The van der Waals surface area contributed by atoms with Crippen LogP contribution in [0.4, 0.5) is 4.39 Å². The highest BCUT2D eigenvalue weighted by Gasteiger charge is 2.26. The predicted octanol–water partition coefficient (Wildman–Crippen LogP) is 6.17. The Kier molecular flexibility index (Phi) is 8.53. The zero-order valence-electron chi connectivity index (χ0n) is 12.6. The number of hydrogen-bond donors (Lipinski definition) is 0. The van der Waals surface area contributed by atoms with E-state index in [1.807, 2.05) is 6.92 Å². The van der Waals surface area contributed by atoms with Crippen LogP contribution in [0.3, 0.4) is 0 Å². The van der Waals surface area contributed by atoms with E-state index in [9.17, 15) is 8.96 Å². The van der Waals surface area contributed by atoms with E-state index >= 15 is 0 Å². The zero-order valence-corrected chi connectivity index (χ0v) is 15.1. The summed E-state index contributed by atoms with van der Waals surface area (Å²) in [7, 11) is -3.19. The smallest absolute Gasteiger partial charge is 0.379 e. The fraction of sp³-hybridized carbons (Fsp3) is 0.600. The van der Waals surface area contributed by atoms with E-state index in [0.717, 1.165) is 32.1 Å². The zero-order chi connectivity index (χ0) is 15.7. The van der Waals surface area contributed by atoms with Crippen molar-refractivity contribution in [2.75, 3.05) is 12.8 Å². The minimum atomic E-state index is -3.19. The Morgan fingerprint density at radius 3 is 2.52 bits per heavy atom. The molecule has 0 N–H and O–H groups in total. The first kappa shape index (κ1) is 18.7. The first-order valence-corrected chi connectivity index (χ1v) is 9.91. The van der Waals surface area contributed by atoms with Crippen LogP contribution in [0.2, 0.25) is 0 Å². The fourth-order valence-electron chi connectivity index (χ4n) is 1.74. The SMILES string of the molecule is CCCCCOP(=O)(CCCC)Oc1ccc(F)cc1Br. The summed E-state index contributed by atoms with van der Waals surface area (Å²) < 4.78 is 37.4. The molecule has 0 spiro atoms. The average Bonchev–Trinajstić information content (AvgIpc) is 2.45. The summed E-state index contributed by atoms with van der Waals surface area (Å²) in [5.41, 5.74) is 0. The third kappa shape index (κ3) is 6.94. The number of hydrogen-bond acceptors (Lipinski definition) is 3. The van der Waals surface area contributed by atoms with Gasteiger partial charge in [-0.3, -0.25) is 4.52 Å². The molecule has 1 aromatic rings. The lowest BCUT2D eigenvalue weighted by Crippen LogP contribution is -2.04. The maximum absolute atomic E-state index is 13.1. The van der Waals surface area contributed by atoms with Crippen LogP contribution >= 0.6 is 23.5 Å². The molecule has 0 aliphatic rings. The second-order valence-corrected chi connectivity index (χ2v) is 7.86. The minimum absolute atomic E-state index is 0.353. The van der Waals surface area contributed by atoms with Crippen LogP contribution in [0.25, 0.3) is 0 Å². The molecule has 1 aromatic carbocycles. The van der Waals surface area contributed by atoms with Crippen LogP contribution < -0.4 is 4.52 Å². The summed E-state index contributed by atoms with van der Waals surface area (Å²) in [6.07, 6.45) is 5.03. The van der Waals surface area contributed by atoms with E-state index in [-0.39, 0.29) is 5.82 Å². The minimum Gasteiger partial charge on any atom is -0.423 e. The summed E-state index contributed by atoms with van der Waals surface area (Å²) in [5.74, 6) is -0.0205. The van der Waals surface area contributed by atoms with Gasteiger partial charge in [-0.05, 0) is 47.0 Å². The van der Waals surface area contributed by atoms with Gasteiger partial charge in [0.05, 0.1) is 17.2 Å². The number of halogens is 2. The fourth-order valence-corrected chi connectivity index (χ4v) is 4.14. The average molecular weight is 381 g/mol. The quantitative estimate of drug-likeness (QED) is 0.359. The molecule has 0 saturated heterocycles. The van der Waals surface area contributed by atoms with E-state index in [1.54, 1.807) is 0 Å². The molecule has 1 atom stereocenters. The third-order valence-corrected chi connectivity index (χ3v) is 5.49. The third-order valence-electron chi connectivity index (χ3n) is 2.95. The van der Waals surface area contributed by atoms with Crippen LogP contribution in [0.1, 0.15) is 46.0 Å². The Balaban J connectivity index is 2.73. The lowest BCUT2D eigenvalue weighted by molar-refractivity contribution is 0.257. The lowest BCUT2D eigenvalue weighted by atomic mass is 10.3. The van der Waals surface area contributed by atoms with Gasteiger partial charge in [-0.25, -0.2) is 8.96 Å². The number of benzene rings is 1. The molecule has 21 heavy (non-hydrogen) atoms. The van der Waals surface area contributed by atoms with E-state index < -0.39 is 7.60 Å². The van der Waals surface area contributed by atoms with Gasteiger partial charge in [-0.1, -0.05) is 33.1 Å². The molecular weight excluding hydrogens is 358 g/mol. The molecular formula is C15H23BrFO3P. The molecule has 0 saturated carbocycles. The largest absolute Gasteiger partial charge is 0.423 e. The van der Waals surface area contributed by atoms with Gasteiger partial charge in [0.25, 0.3) is 0 Å². The molecule has 0 aromatic heterocycles. The van der Waals surface area contributed by atoms with Gasteiger partial charge in [0.15, 0.2) is 0 Å². The number of unbranched alkanes of at least 4 members (excludes halogenated alkanes) is 3. The normalized spacial score (nSPS) is 13.9. The molecule has 1 unspecified atom stereocenters. The van der Waals surface area contributed by atoms with Crippen LogP contribution in [0.15, 0.2) is 22.7 Å². The van der Waals surface area contributed by atoms with Crippen LogP contribution in [0, 0.1) is 5.82 Å². The summed E-state index contributed by atoms with van der Waals surface area (Å²) >= 11 is 3.22. The molecule has 0 aliphatic heterocycles. The Hall–Kier alpha value is -0.380. The van der Waals surface area contributed by atoms with Crippen molar-refractivity contribution in [1.29, 1.82) is 0 Å². The second-order valence-electron chi connectivity index (χ2n) is 4.89. The molecule has 0 fully saturated rings. The van der Waals surface area contributed by atoms with Gasteiger partial charge in [0.2, 0.25) is 0 Å². The van der Waals surface area contributed by atoms with Crippen molar-refractivity contribution in [2.24, 2.45) is 0 Å². The summed E-state index contributed by atoms with van der Waals surface area (Å²) in [6, 6.07) is 4.03. The van der Waals surface area contributed by atoms with Gasteiger partial charge < -0.3 is 4.52 Å². The van der Waals surface area contributed by atoms with Crippen molar-refractivity contribution in [3.63, 3.8) is 0 Å². The van der Waals surface area contributed by atoms with Crippen molar-refractivity contribution in [2.45, 2.75) is 46.0 Å². The summed E-state index contributed by atoms with van der Waals surface area (Å²) in [4.78, 5) is 0. The Bertz CT molecular complexity index is 482. The first-order valence-electron chi connectivity index (χ1n) is 7.39. The molecule has 0 aliphatic carbocycles. The first-order chi connectivity index (χ1) is 10.0. The Morgan fingerprint density at radius 2 is 1.90 bits per heavy atom. The van der Waals surface area contributed by atoms with Gasteiger partial charge in [-0.2, -0.15) is 0 Å². The van der Waals surface area contributed by atoms with E-state index in [2.05, 4.69) is 22.9 Å². The topological polar surface area (TPSA) is 35.5 Å². The van der Waals surface area contributed by atoms with Gasteiger partial charge in [0, 0.05) is 0 Å². The van der Waals surface area contributed by atoms with Gasteiger partial charge in [0.1, 0.15) is 11.6 Å². The molecule has 120 valence electrons. The molecule has 6 heteroatoms. The highest BCUT2D eigenvalue weighted by atomic mass is 79.9. The van der Waals surface area contributed by atoms with E-state index in [1.165, 1.54) is 18.2 Å². The molecule has 1 rings (SSSR count). The molecule has 0 radical (unpaired) electrons. The van der Waals surface area contributed by atoms with Crippen LogP contribution in [-0.2, 0) is 9.09 Å². The summed E-state index contributed by atoms with van der Waals surface area (Å²) in [5, 5.41) is 0. The Morgan fingerprint density at radius 1 is 1.19 bits per heavy atom. The standard InChI is InChI=1S/C15H23BrFO3P/c1-3-5-7-10-19-21(18,11-6-4-2)20-15-9-8-13(17)12-14(15)16/h8-9,12H,3-7,10-11H2,1-2H3. The van der Waals surface area contributed by atoms with E-state index in [0.29, 0.717) is 23.0 Å². The molecule has 0 amide bonds. The highest BCUT2D eigenvalue weighted by molar-refractivity contribution is 9.10.